The molecule has 0 aromatic heterocycles. The molecule has 0 unspecified atom stereocenters. The third-order valence-corrected chi connectivity index (χ3v) is 3.77. The standard InChI is InChI=1S/C21H23NO2/c1-24-21(23)19(15-17-9-4-2-5-10-17)13-8-14-20(22)16-18-11-6-3-7-12-18/h2-7,9-12,15,22H,8,13-14,16H2,1H3. The molecule has 0 radical (unpaired) electrons. The first-order valence-corrected chi connectivity index (χ1v) is 8.13. The van der Waals surface area contributed by atoms with Gasteiger partial charge in [0.25, 0.3) is 0 Å². The van der Waals surface area contributed by atoms with E-state index in [9.17, 15) is 4.79 Å². The highest BCUT2D eigenvalue weighted by atomic mass is 16.5. The molecule has 0 atom stereocenters. The van der Waals surface area contributed by atoms with E-state index in [0.29, 0.717) is 30.5 Å². The topological polar surface area (TPSA) is 50.2 Å². The molecule has 3 heteroatoms. The van der Waals surface area contributed by atoms with Crippen LogP contribution >= 0.6 is 0 Å². The molecule has 0 bridgehead atoms. The molecule has 0 aliphatic heterocycles. The molecule has 2 rings (SSSR count). The van der Waals surface area contributed by atoms with Crippen LogP contribution in [-0.4, -0.2) is 18.8 Å². The van der Waals surface area contributed by atoms with Gasteiger partial charge in [0.2, 0.25) is 0 Å². The van der Waals surface area contributed by atoms with Gasteiger partial charge in [-0.3, -0.25) is 0 Å². The van der Waals surface area contributed by atoms with Crippen LogP contribution in [0.15, 0.2) is 66.2 Å². The number of carbonyl (C=O) groups excluding carboxylic acids is 1. The molecule has 1 N–H and O–H groups in total. The number of hydrogen-bond donors (Lipinski definition) is 1. The second kappa shape index (κ2) is 9.46. The van der Waals surface area contributed by atoms with Gasteiger partial charge in [-0.15, -0.1) is 0 Å². The number of ether oxygens (including phenoxy) is 1. The lowest BCUT2D eigenvalue weighted by atomic mass is 10.0. The Labute approximate surface area is 143 Å². The van der Waals surface area contributed by atoms with Gasteiger partial charge in [0.05, 0.1) is 7.11 Å². The first-order valence-electron chi connectivity index (χ1n) is 8.13. The van der Waals surface area contributed by atoms with Gasteiger partial charge in [-0.05, 0) is 36.5 Å². The van der Waals surface area contributed by atoms with Crippen molar-refractivity contribution in [2.45, 2.75) is 25.7 Å². The Kier molecular flexibility index (Phi) is 6.96. The third-order valence-electron chi connectivity index (χ3n) is 3.77. The molecule has 0 spiro atoms. The molecule has 124 valence electrons. The van der Waals surface area contributed by atoms with Crippen molar-refractivity contribution in [2.75, 3.05) is 7.11 Å². The summed E-state index contributed by atoms with van der Waals surface area (Å²) < 4.78 is 4.88. The van der Waals surface area contributed by atoms with Crippen molar-refractivity contribution in [2.24, 2.45) is 0 Å². The van der Waals surface area contributed by atoms with Crippen LogP contribution in [0.2, 0.25) is 0 Å². The molecule has 0 aliphatic rings. The van der Waals surface area contributed by atoms with Gasteiger partial charge in [-0.2, -0.15) is 0 Å². The van der Waals surface area contributed by atoms with Gasteiger partial charge < -0.3 is 10.1 Å². The predicted molar refractivity (Wildman–Crippen MR) is 98.2 cm³/mol. The summed E-state index contributed by atoms with van der Waals surface area (Å²) in [5, 5.41) is 8.11. The van der Waals surface area contributed by atoms with Gasteiger partial charge in [-0.25, -0.2) is 4.79 Å². The monoisotopic (exact) mass is 321 g/mol. The fraction of sp³-hybridized carbons (Fsp3) is 0.238. The molecule has 0 saturated carbocycles. The molecular formula is C21H23NO2. The van der Waals surface area contributed by atoms with Crippen molar-refractivity contribution in [3.05, 3.63) is 77.4 Å². The van der Waals surface area contributed by atoms with Crippen LogP contribution in [-0.2, 0) is 16.0 Å². The Morgan fingerprint density at radius 1 is 1.00 bits per heavy atom. The molecular weight excluding hydrogens is 298 g/mol. The molecule has 3 nitrogen and oxygen atoms in total. The minimum atomic E-state index is -0.298. The summed E-state index contributed by atoms with van der Waals surface area (Å²) in [5.41, 5.74) is 3.47. The second-order valence-corrected chi connectivity index (χ2v) is 5.69. The Morgan fingerprint density at radius 3 is 2.25 bits per heavy atom. The van der Waals surface area contributed by atoms with Crippen molar-refractivity contribution in [3.63, 3.8) is 0 Å². The normalized spacial score (nSPS) is 11.1. The van der Waals surface area contributed by atoms with Crippen LogP contribution < -0.4 is 0 Å². The van der Waals surface area contributed by atoms with Gasteiger partial charge >= 0.3 is 5.97 Å². The van der Waals surface area contributed by atoms with Crippen molar-refractivity contribution in [1.82, 2.24) is 0 Å². The minimum absolute atomic E-state index is 0.298. The SMILES string of the molecule is COC(=O)C(=Cc1ccccc1)CCCC(=N)Cc1ccccc1. The number of benzene rings is 2. The molecule has 2 aromatic carbocycles. The van der Waals surface area contributed by atoms with E-state index < -0.39 is 0 Å². The molecule has 24 heavy (non-hydrogen) atoms. The van der Waals surface area contributed by atoms with Gasteiger partial charge in [0.1, 0.15) is 0 Å². The minimum Gasteiger partial charge on any atom is -0.466 e. The first-order chi connectivity index (χ1) is 11.7. The zero-order valence-corrected chi connectivity index (χ0v) is 14.0. The fourth-order valence-corrected chi connectivity index (χ4v) is 2.54. The van der Waals surface area contributed by atoms with Crippen LogP contribution in [0, 0.1) is 5.41 Å². The maximum Gasteiger partial charge on any atom is 0.333 e. The van der Waals surface area contributed by atoms with E-state index in [1.807, 2.05) is 66.7 Å². The van der Waals surface area contributed by atoms with E-state index in [-0.39, 0.29) is 5.97 Å². The maximum absolute atomic E-state index is 11.9. The van der Waals surface area contributed by atoms with Crippen molar-refractivity contribution >= 4 is 17.8 Å². The average molecular weight is 321 g/mol. The van der Waals surface area contributed by atoms with E-state index in [1.54, 1.807) is 0 Å². The predicted octanol–water partition coefficient (Wildman–Crippen LogP) is 4.68. The lowest BCUT2D eigenvalue weighted by Gasteiger charge is -2.07. The van der Waals surface area contributed by atoms with Gasteiger partial charge in [-0.1, -0.05) is 60.7 Å². The fourth-order valence-electron chi connectivity index (χ4n) is 2.54. The van der Waals surface area contributed by atoms with Crippen LogP contribution in [0.3, 0.4) is 0 Å². The first kappa shape index (κ1) is 17.7. The number of nitrogens with one attached hydrogen (secondary N) is 1. The Bertz CT molecular complexity index is 690. The number of hydrogen-bond acceptors (Lipinski definition) is 3. The summed E-state index contributed by atoms with van der Waals surface area (Å²) >= 11 is 0. The zero-order valence-electron chi connectivity index (χ0n) is 14.0. The quantitative estimate of drug-likeness (QED) is 0.436. The highest BCUT2D eigenvalue weighted by Gasteiger charge is 2.10. The Morgan fingerprint density at radius 2 is 1.62 bits per heavy atom. The largest absolute Gasteiger partial charge is 0.466 e. The molecule has 0 fully saturated rings. The number of rotatable bonds is 8. The summed E-state index contributed by atoms with van der Waals surface area (Å²) in [6, 6.07) is 19.8. The van der Waals surface area contributed by atoms with Crippen LogP contribution in [0.1, 0.15) is 30.4 Å². The molecule has 0 aliphatic carbocycles. The lowest BCUT2D eigenvalue weighted by molar-refractivity contribution is -0.136. The summed E-state index contributed by atoms with van der Waals surface area (Å²) in [5.74, 6) is -0.298. The van der Waals surface area contributed by atoms with Crippen LogP contribution in [0.5, 0.6) is 0 Å². The third kappa shape index (κ3) is 5.84. The van der Waals surface area contributed by atoms with E-state index in [4.69, 9.17) is 10.1 Å². The van der Waals surface area contributed by atoms with E-state index in [2.05, 4.69) is 0 Å². The van der Waals surface area contributed by atoms with Crippen LogP contribution in [0.25, 0.3) is 6.08 Å². The number of esters is 1. The van der Waals surface area contributed by atoms with Crippen molar-refractivity contribution in [1.29, 1.82) is 5.41 Å². The van der Waals surface area contributed by atoms with Gasteiger partial charge in [0.15, 0.2) is 0 Å². The van der Waals surface area contributed by atoms with E-state index in [1.165, 1.54) is 7.11 Å². The lowest BCUT2D eigenvalue weighted by Crippen LogP contribution is -2.07. The van der Waals surface area contributed by atoms with E-state index >= 15 is 0 Å². The van der Waals surface area contributed by atoms with Gasteiger partial charge in [0, 0.05) is 17.7 Å². The molecule has 0 heterocycles. The Hall–Kier alpha value is -2.68. The van der Waals surface area contributed by atoms with Crippen LogP contribution in [0.4, 0.5) is 0 Å². The highest BCUT2D eigenvalue weighted by molar-refractivity contribution is 5.93. The summed E-state index contributed by atoms with van der Waals surface area (Å²) in [7, 11) is 1.40. The molecule has 2 aromatic rings. The van der Waals surface area contributed by atoms with Crippen molar-refractivity contribution in [3.8, 4) is 0 Å². The number of carbonyl (C=O) groups is 1. The van der Waals surface area contributed by atoms with Crippen molar-refractivity contribution < 1.29 is 9.53 Å². The average Bonchev–Trinajstić information content (AvgIpc) is 2.62. The highest BCUT2D eigenvalue weighted by Crippen LogP contribution is 2.15. The summed E-state index contributed by atoms with van der Waals surface area (Å²) in [6.07, 6.45) is 4.58. The Balaban J connectivity index is 1.90. The second-order valence-electron chi connectivity index (χ2n) is 5.69. The smallest absolute Gasteiger partial charge is 0.333 e. The summed E-state index contributed by atoms with van der Waals surface area (Å²) in [6.45, 7) is 0. The maximum atomic E-state index is 11.9. The number of methoxy groups -OCH3 is 1. The molecule has 0 saturated heterocycles. The molecule has 0 amide bonds. The summed E-state index contributed by atoms with van der Waals surface area (Å²) in [4.78, 5) is 11.9. The zero-order chi connectivity index (χ0) is 17.2. The van der Waals surface area contributed by atoms with E-state index in [0.717, 1.165) is 17.5 Å².